The Morgan fingerprint density at radius 2 is 1.88 bits per heavy atom. The van der Waals surface area contributed by atoms with Crippen molar-refractivity contribution < 1.29 is 23.7 Å². The predicted octanol–water partition coefficient (Wildman–Crippen LogP) is 3.34. The predicted molar refractivity (Wildman–Crippen MR) is 99.4 cm³/mol. The molecule has 0 saturated heterocycles. The summed E-state index contributed by atoms with van der Waals surface area (Å²) in [5, 5.41) is 0. The first-order chi connectivity index (χ1) is 12.5. The van der Waals surface area contributed by atoms with Gasteiger partial charge in [-0.1, -0.05) is 0 Å². The first kappa shape index (κ1) is 17.7. The number of hydrogen-bond acceptors (Lipinski definition) is 6. The lowest BCUT2D eigenvalue weighted by Gasteiger charge is -2.21. The molecule has 1 heterocycles. The van der Waals surface area contributed by atoms with E-state index in [1.807, 2.05) is 12.1 Å². The fraction of sp³-hybridized carbons (Fsp3) is 0.250. The Hall–Kier alpha value is -3.15. The van der Waals surface area contributed by atoms with Crippen LogP contribution >= 0.6 is 0 Å². The highest BCUT2D eigenvalue weighted by Crippen LogP contribution is 2.42. The molecule has 2 N–H and O–H groups in total. The van der Waals surface area contributed by atoms with Gasteiger partial charge in [-0.15, -0.1) is 0 Å². The van der Waals surface area contributed by atoms with E-state index >= 15 is 0 Å². The van der Waals surface area contributed by atoms with E-state index in [2.05, 4.69) is 0 Å². The molecule has 0 saturated carbocycles. The van der Waals surface area contributed by atoms with Gasteiger partial charge >= 0.3 is 0 Å². The maximum Gasteiger partial charge on any atom is 0.204 e. The molecule has 6 heteroatoms. The van der Waals surface area contributed by atoms with Gasteiger partial charge in [0.1, 0.15) is 19.0 Å². The summed E-state index contributed by atoms with van der Waals surface area (Å²) in [4.78, 5) is 12.7. The van der Waals surface area contributed by atoms with Crippen molar-refractivity contribution in [2.45, 2.75) is 6.92 Å². The van der Waals surface area contributed by atoms with Crippen molar-refractivity contribution in [3.63, 3.8) is 0 Å². The molecule has 0 atom stereocenters. The molecule has 2 aromatic rings. The van der Waals surface area contributed by atoms with Crippen molar-refractivity contribution in [1.82, 2.24) is 0 Å². The zero-order valence-electron chi connectivity index (χ0n) is 15.0. The van der Waals surface area contributed by atoms with E-state index in [4.69, 9.17) is 24.7 Å². The summed E-state index contributed by atoms with van der Waals surface area (Å²) in [6, 6.07) is 8.63. The standard InChI is InChI=1S/C20H21NO5/c1-12(18(22)13-4-6-16(23-2)15(21)11-13)10-14-5-7-17-20(19(14)24-3)26-9-8-25-17/h4-7,10-11H,8-9,21H2,1-3H3/b12-10+. The molecule has 0 fully saturated rings. The second kappa shape index (κ2) is 7.39. The maximum absolute atomic E-state index is 12.7. The summed E-state index contributed by atoms with van der Waals surface area (Å²) in [5.74, 6) is 2.15. The molecule has 0 radical (unpaired) electrons. The quantitative estimate of drug-likeness (QED) is 0.503. The van der Waals surface area contributed by atoms with Crippen LogP contribution in [0.5, 0.6) is 23.0 Å². The molecule has 6 nitrogen and oxygen atoms in total. The van der Waals surface area contributed by atoms with E-state index in [9.17, 15) is 4.79 Å². The molecular formula is C20H21NO5. The van der Waals surface area contributed by atoms with Gasteiger partial charge in [0.05, 0.1) is 19.9 Å². The molecule has 2 aromatic carbocycles. The van der Waals surface area contributed by atoms with E-state index < -0.39 is 0 Å². The van der Waals surface area contributed by atoms with Crippen molar-refractivity contribution >= 4 is 17.5 Å². The SMILES string of the molecule is COc1ccc(C(=O)/C(C)=C/c2ccc3c(c2OC)OCCO3)cc1N. The smallest absolute Gasteiger partial charge is 0.204 e. The average Bonchev–Trinajstić information content (AvgIpc) is 2.67. The average molecular weight is 355 g/mol. The number of hydrogen-bond donors (Lipinski definition) is 1. The highest BCUT2D eigenvalue weighted by atomic mass is 16.6. The third-order valence-electron chi connectivity index (χ3n) is 4.12. The van der Waals surface area contributed by atoms with Crippen LogP contribution < -0.4 is 24.7 Å². The Labute approximate surface area is 152 Å². The summed E-state index contributed by atoms with van der Waals surface area (Å²) >= 11 is 0. The summed E-state index contributed by atoms with van der Waals surface area (Å²) < 4.78 is 21.8. The second-order valence-electron chi connectivity index (χ2n) is 5.83. The number of ether oxygens (including phenoxy) is 4. The molecule has 0 aromatic heterocycles. The summed E-state index contributed by atoms with van der Waals surface area (Å²) in [6.07, 6.45) is 1.76. The minimum atomic E-state index is -0.128. The lowest BCUT2D eigenvalue weighted by atomic mass is 10.0. The molecule has 0 amide bonds. The van der Waals surface area contributed by atoms with Crippen LogP contribution in [0.1, 0.15) is 22.8 Å². The number of carbonyl (C=O) groups excluding carboxylic acids is 1. The maximum atomic E-state index is 12.7. The van der Waals surface area contributed by atoms with E-state index in [0.29, 0.717) is 53.0 Å². The Morgan fingerprint density at radius 1 is 1.12 bits per heavy atom. The van der Waals surface area contributed by atoms with Gasteiger partial charge in [0.2, 0.25) is 5.75 Å². The Balaban J connectivity index is 1.94. The van der Waals surface area contributed by atoms with Crippen molar-refractivity contribution in [2.24, 2.45) is 0 Å². The Morgan fingerprint density at radius 3 is 2.58 bits per heavy atom. The van der Waals surface area contributed by atoms with Gasteiger partial charge in [0, 0.05) is 11.1 Å². The van der Waals surface area contributed by atoms with Crippen LogP contribution in [0.2, 0.25) is 0 Å². The summed E-state index contributed by atoms with van der Waals surface area (Å²) in [7, 11) is 3.10. The zero-order valence-corrected chi connectivity index (χ0v) is 15.0. The van der Waals surface area contributed by atoms with Gasteiger partial charge in [-0.2, -0.15) is 0 Å². The number of benzene rings is 2. The van der Waals surface area contributed by atoms with Crippen LogP contribution in [0.15, 0.2) is 35.9 Å². The molecule has 3 rings (SSSR count). The molecular weight excluding hydrogens is 334 g/mol. The van der Waals surface area contributed by atoms with Crippen molar-refractivity contribution in [2.75, 3.05) is 33.2 Å². The lowest BCUT2D eigenvalue weighted by molar-refractivity contribution is 0.103. The Bertz CT molecular complexity index is 873. The normalized spacial score (nSPS) is 13.3. The third-order valence-corrected chi connectivity index (χ3v) is 4.12. The minimum absolute atomic E-state index is 0.128. The molecule has 0 bridgehead atoms. The number of allylic oxidation sites excluding steroid dienone is 1. The largest absolute Gasteiger partial charge is 0.495 e. The highest BCUT2D eigenvalue weighted by Gasteiger charge is 2.20. The molecule has 0 unspecified atom stereocenters. The molecule has 1 aliphatic heterocycles. The Kier molecular flexibility index (Phi) is 5.02. The number of methoxy groups -OCH3 is 2. The fourth-order valence-electron chi connectivity index (χ4n) is 2.83. The molecule has 0 aliphatic carbocycles. The van der Waals surface area contributed by atoms with Crippen LogP contribution in [0.4, 0.5) is 5.69 Å². The van der Waals surface area contributed by atoms with Crippen LogP contribution in [0.25, 0.3) is 6.08 Å². The van der Waals surface area contributed by atoms with Gasteiger partial charge < -0.3 is 24.7 Å². The second-order valence-corrected chi connectivity index (χ2v) is 5.83. The number of anilines is 1. The van der Waals surface area contributed by atoms with Crippen molar-refractivity contribution in [3.05, 3.63) is 47.0 Å². The first-order valence-electron chi connectivity index (χ1n) is 8.18. The van der Waals surface area contributed by atoms with Gasteiger partial charge in [-0.05, 0) is 48.9 Å². The third kappa shape index (κ3) is 3.31. The first-order valence-corrected chi connectivity index (χ1v) is 8.18. The number of nitrogen functional groups attached to an aromatic ring is 1. The van der Waals surface area contributed by atoms with Crippen LogP contribution in [0, 0.1) is 0 Å². The molecule has 1 aliphatic rings. The monoisotopic (exact) mass is 355 g/mol. The zero-order chi connectivity index (χ0) is 18.7. The van der Waals surface area contributed by atoms with Crippen LogP contribution in [-0.4, -0.2) is 33.2 Å². The van der Waals surface area contributed by atoms with E-state index in [1.165, 1.54) is 7.11 Å². The molecule has 0 spiro atoms. The fourth-order valence-corrected chi connectivity index (χ4v) is 2.83. The number of carbonyl (C=O) groups is 1. The lowest BCUT2D eigenvalue weighted by Crippen LogP contribution is -2.16. The molecule has 136 valence electrons. The topological polar surface area (TPSA) is 80.0 Å². The highest BCUT2D eigenvalue weighted by molar-refractivity contribution is 6.11. The van der Waals surface area contributed by atoms with Gasteiger partial charge in [0.15, 0.2) is 17.3 Å². The number of nitrogens with two attached hydrogens (primary N) is 1. The van der Waals surface area contributed by atoms with Crippen LogP contribution in [0.3, 0.4) is 0 Å². The number of fused-ring (bicyclic) bond motifs is 1. The van der Waals surface area contributed by atoms with Gasteiger partial charge in [-0.3, -0.25) is 4.79 Å². The minimum Gasteiger partial charge on any atom is -0.495 e. The van der Waals surface area contributed by atoms with E-state index in [0.717, 1.165) is 5.56 Å². The van der Waals surface area contributed by atoms with Crippen LogP contribution in [-0.2, 0) is 0 Å². The molecule has 26 heavy (non-hydrogen) atoms. The van der Waals surface area contributed by atoms with E-state index in [-0.39, 0.29) is 5.78 Å². The van der Waals surface area contributed by atoms with Gasteiger partial charge in [0.25, 0.3) is 0 Å². The summed E-state index contributed by atoms with van der Waals surface area (Å²) in [5.41, 5.74) is 8.10. The number of Topliss-reactive ketones (excluding diaryl/α,β-unsaturated/α-hetero) is 1. The van der Waals surface area contributed by atoms with E-state index in [1.54, 1.807) is 38.3 Å². The number of rotatable bonds is 5. The van der Waals surface area contributed by atoms with Gasteiger partial charge in [-0.25, -0.2) is 0 Å². The number of ketones is 1. The van der Waals surface area contributed by atoms with Crippen molar-refractivity contribution in [1.29, 1.82) is 0 Å². The van der Waals surface area contributed by atoms with Crippen molar-refractivity contribution in [3.8, 4) is 23.0 Å². The summed E-state index contributed by atoms with van der Waals surface area (Å²) in [6.45, 7) is 2.71.